The normalized spacial score (nSPS) is 18.9. The fourth-order valence-electron chi connectivity index (χ4n) is 3.79. The number of nitrogens with one attached hydrogen (secondary N) is 2. The number of hydrogen-bond donors (Lipinski definition) is 2. The first kappa shape index (κ1) is 15.2. The molecule has 0 unspecified atom stereocenters. The molecule has 0 aromatic heterocycles. The number of benzene rings is 2. The minimum atomic E-state index is -0.328. The molecule has 124 valence electrons. The minimum absolute atomic E-state index is 0.118. The van der Waals surface area contributed by atoms with Gasteiger partial charge < -0.3 is 15.4 Å². The third-order valence-electron chi connectivity index (χ3n) is 5.00. The summed E-state index contributed by atoms with van der Waals surface area (Å²) in [5, 5.41) is 6.24. The molecule has 2 N–H and O–H groups in total. The van der Waals surface area contributed by atoms with E-state index in [9.17, 15) is 4.79 Å². The van der Waals surface area contributed by atoms with Crippen molar-refractivity contribution < 1.29 is 9.53 Å². The molecule has 4 heteroatoms. The minimum Gasteiger partial charge on any atom is -0.449 e. The van der Waals surface area contributed by atoms with E-state index in [0.717, 1.165) is 13.0 Å². The Hall–Kier alpha value is -2.33. The van der Waals surface area contributed by atoms with Crippen molar-refractivity contribution in [3.63, 3.8) is 0 Å². The summed E-state index contributed by atoms with van der Waals surface area (Å²) in [5.41, 5.74) is 4.97. The van der Waals surface area contributed by atoms with Crippen molar-refractivity contribution in [2.24, 2.45) is 0 Å². The zero-order valence-electron chi connectivity index (χ0n) is 13.6. The summed E-state index contributed by atoms with van der Waals surface area (Å²) in [5.74, 6) is 0.118. The summed E-state index contributed by atoms with van der Waals surface area (Å²) in [6.45, 7) is 2.05. The van der Waals surface area contributed by atoms with Gasteiger partial charge in [0.1, 0.15) is 6.61 Å². The van der Waals surface area contributed by atoms with Gasteiger partial charge in [0.05, 0.1) is 0 Å². The number of alkyl carbamates (subject to hydrolysis) is 1. The van der Waals surface area contributed by atoms with Crippen molar-refractivity contribution >= 4 is 6.09 Å². The van der Waals surface area contributed by atoms with Crippen LogP contribution in [0.5, 0.6) is 0 Å². The largest absolute Gasteiger partial charge is 0.449 e. The van der Waals surface area contributed by atoms with E-state index in [-0.39, 0.29) is 12.0 Å². The molecule has 1 aliphatic carbocycles. The smallest absolute Gasteiger partial charge is 0.407 e. The molecule has 1 saturated heterocycles. The number of carbonyl (C=O) groups excluding carboxylic acids is 1. The third-order valence-corrected chi connectivity index (χ3v) is 5.00. The first-order chi connectivity index (χ1) is 11.8. The van der Waals surface area contributed by atoms with Crippen LogP contribution in [0.4, 0.5) is 4.79 Å². The van der Waals surface area contributed by atoms with Crippen molar-refractivity contribution in [3.8, 4) is 11.1 Å². The Labute approximate surface area is 142 Å². The summed E-state index contributed by atoms with van der Waals surface area (Å²) in [7, 11) is 0. The van der Waals surface area contributed by atoms with Gasteiger partial charge in [-0.1, -0.05) is 48.5 Å². The Bertz CT molecular complexity index is 692. The van der Waals surface area contributed by atoms with E-state index in [1.165, 1.54) is 28.7 Å². The maximum atomic E-state index is 12.0. The van der Waals surface area contributed by atoms with Crippen LogP contribution in [0.2, 0.25) is 0 Å². The number of fused-ring (bicyclic) bond motifs is 3. The molecule has 4 nitrogen and oxygen atoms in total. The zero-order chi connectivity index (χ0) is 16.4. The van der Waals surface area contributed by atoms with Crippen molar-refractivity contribution in [2.75, 3.05) is 19.7 Å². The van der Waals surface area contributed by atoms with Crippen LogP contribution in [0.3, 0.4) is 0 Å². The molecule has 0 radical (unpaired) electrons. The third kappa shape index (κ3) is 2.89. The molecule has 4 rings (SSSR count). The monoisotopic (exact) mass is 322 g/mol. The summed E-state index contributed by atoms with van der Waals surface area (Å²) in [6.07, 6.45) is 1.96. The molecular formula is C20H22N2O2. The van der Waals surface area contributed by atoms with Gasteiger partial charge in [-0.25, -0.2) is 4.79 Å². The summed E-state index contributed by atoms with van der Waals surface area (Å²) in [4.78, 5) is 12.0. The Kier molecular flexibility index (Phi) is 4.22. The SMILES string of the molecule is O=C(NC[C@H]1CCCN1)OCC1c2ccccc2-c2ccccc21. The molecule has 2 aliphatic rings. The van der Waals surface area contributed by atoms with Gasteiger partial charge in [-0.2, -0.15) is 0 Å². The van der Waals surface area contributed by atoms with E-state index in [0.29, 0.717) is 19.2 Å². The van der Waals surface area contributed by atoms with E-state index >= 15 is 0 Å². The number of hydrogen-bond acceptors (Lipinski definition) is 3. The van der Waals surface area contributed by atoms with E-state index in [4.69, 9.17) is 4.74 Å². The van der Waals surface area contributed by atoms with Crippen molar-refractivity contribution in [2.45, 2.75) is 24.8 Å². The van der Waals surface area contributed by atoms with Crippen LogP contribution >= 0.6 is 0 Å². The number of amides is 1. The van der Waals surface area contributed by atoms with Crippen molar-refractivity contribution in [1.29, 1.82) is 0 Å². The van der Waals surface area contributed by atoms with Gasteiger partial charge in [0.25, 0.3) is 0 Å². The second kappa shape index (κ2) is 6.65. The molecule has 0 saturated carbocycles. The second-order valence-corrected chi connectivity index (χ2v) is 6.50. The van der Waals surface area contributed by atoms with E-state index in [2.05, 4.69) is 47.0 Å². The lowest BCUT2D eigenvalue weighted by Gasteiger charge is -2.16. The maximum Gasteiger partial charge on any atom is 0.407 e. The molecule has 1 amide bonds. The first-order valence-corrected chi connectivity index (χ1v) is 8.65. The van der Waals surface area contributed by atoms with Crippen LogP contribution in [-0.2, 0) is 4.74 Å². The quantitative estimate of drug-likeness (QED) is 0.908. The van der Waals surface area contributed by atoms with Crippen LogP contribution in [-0.4, -0.2) is 31.8 Å². The van der Waals surface area contributed by atoms with Gasteiger partial charge in [0.2, 0.25) is 0 Å². The van der Waals surface area contributed by atoms with Gasteiger partial charge in [-0.05, 0) is 41.6 Å². The lowest BCUT2D eigenvalue weighted by atomic mass is 9.98. The van der Waals surface area contributed by atoms with Crippen LogP contribution in [0.25, 0.3) is 11.1 Å². The predicted molar refractivity (Wildman–Crippen MR) is 94.1 cm³/mol. The molecule has 1 aliphatic heterocycles. The standard InChI is InChI=1S/C20H22N2O2/c23-20(22-12-14-6-5-11-21-14)24-13-19-17-9-3-1-7-15(17)16-8-2-4-10-18(16)19/h1-4,7-10,14,19,21H,5-6,11-13H2,(H,22,23)/t14-/m1/s1. The summed E-state index contributed by atoms with van der Waals surface area (Å²) >= 11 is 0. The predicted octanol–water partition coefficient (Wildman–Crippen LogP) is 3.28. The fourth-order valence-corrected chi connectivity index (χ4v) is 3.79. The lowest BCUT2D eigenvalue weighted by Crippen LogP contribution is -2.37. The van der Waals surface area contributed by atoms with Crippen LogP contribution in [0, 0.1) is 0 Å². The summed E-state index contributed by atoms with van der Waals surface area (Å²) in [6, 6.07) is 17.1. The van der Waals surface area contributed by atoms with Crippen molar-refractivity contribution in [1.82, 2.24) is 10.6 Å². The maximum absolute atomic E-state index is 12.0. The van der Waals surface area contributed by atoms with Crippen LogP contribution in [0.15, 0.2) is 48.5 Å². The van der Waals surface area contributed by atoms with E-state index < -0.39 is 0 Å². The number of rotatable bonds is 4. The lowest BCUT2D eigenvalue weighted by molar-refractivity contribution is 0.142. The second-order valence-electron chi connectivity index (χ2n) is 6.50. The van der Waals surface area contributed by atoms with Gasteiger partial charge in [-0.15, -0.1) is 0 Å². The fraction of sp³-hybridized carbons (Fsp3) is 0.350. The number of carbonyl (C=O) groups is 1. The Morgan fingerprint density at radius 1 is 1.08 bits per heavy atom. The van der Waals surface area contributed by atoms with Crippen LogP contribution < -0.4 is 10.6 Å². The molecule has 24 heavy (non-hydrogen) atoms. The molecule has 2 aromatic rings. The highest BCUT2D eigenvalue weighted by Crippen LogP contribution is 2.44. The first-order valence-electron chi connectivity index (χ1n) is 8.65. The number of ether oxygens (including phenoxy) is 1. The highest BCUT2D eigenvalue weighted by atomic mass is 16.5. The Morgan fingerprint density at radius 3 is 2.38 bits per heavy atom. The van der Waals surface area contributed by atoms with E-state index in [1.807, 2.05) is 12.1 Å². The summed E-state index contributed by atoms with van der Waals surface area (Å²) < 4.78 is 5.52. The zero-order valence-corrected chi connectivity index (χ0v) is 13.6. The van der Waals surface area contributed by atoms with Gasteiger partial charge in [0, 0.05) is 18.5 Å². The topological polar surface area (TPSA) is 50.4 Å². The molecule has 0 spiro atoms. The molecular weight excluding hydrogens is 300 g/mol. The van der Waals surface area contributed by atoms with Gasteiger partial charge in [0.15, 0.2) is 0 Å². The van der Waals surface area contributed by atoms with Gasteiger partial charge >= 0.3 is 6.09 Å². The van der Waals surface area contributed by atoms with Crippen LogP contribution in [0.1, 0.15) is 29.9 Å². The molecule has 1 heterocycles. The highest BCUT2D eigenvalue weighted by molar-refractivity contribution is 5.79. The molecule has 1 fully saturated rings. The molecule has 0 bridgehead atoms. The Morgan fingerprint density at radius 2 is 1.75 bits per heavy atom. The average molecular weight is 322 g/mol. The van der Waals surface area contributed by atoms with Gasteiger partial charge in [-0.3, -0.25) is 0 Å². The van der Waals surface area contributed by atoms with E-state index in [1.54, 1.807) is 0 Å². The molecule has 1 atom stereocenters. The average Bonchev–Trinajstić information content (AvgIpc) is 3.25. The Balaban J connectivity index is 1.42. The van der Waals surface area contributed by atoms with Crippen molar-refractivity contribution in [3.05, 3.63) is 59.7 Å². The molecule has 2 aromatic carbocycles. The highest BCUT2D eigenvalue weighted by Gasteiger charge is 2.29.